The minimum Gasteiger partial charge on any atom is -0.469 e. The Morgan fingerprint density at radius 3 is 2.61 bits per heavy atom. The zero-order valence-corrected chi connectivity index (χ0v) is 15.8. The van der Waals surface area contributed by atoms with E-state index in [1.165, 1.54) is 12.0 Å². The topological polar surface area (TPSA) is 79.8 Å². The van der Waals surface area contributed by atoms with Crippen molar-refractivity contribution in [2.24, 2.45) is 5.92 Å². The number of aromatic nitrogens is 1. The number of pyridine rings is 1. The minimum absolute atomic E-state index is 0.283. The second-order valence-electron chi connectivity index (χ2n) is 7.14. The molecule has 28 heavy (non-hydrogen) atoms. The number of anilines is 1. The largest absolute Gasteiger partial charge is 0.469 e. The summed E-state index contributed by atoms with van der Waals surface area (Å²) in [7, 11) is 1.34. The van der Waals surface area contributed by atoms with Gasteiger partial charge in [0, 0.05) is 18.9 Å². The van der Waals surface area contributed by atoms with Crippen LogP contribution in [0.15, 0.2) is 42.7 Å². The van der Waals surface area contributed by atoms with Crippen LogP contribution in [0.5, 0.6) is 0 Å². The van der Waals surface area contributed by atoms with Crippen LogP contribution in [0.3, 0.4) is 0 Å². The number of fused-ring (bicyclic) bond motifs is 1. The minimum atomic E-state index is -0.606. The third-order valence-electron chi connectivity index (χ3n) is 5.54. The average molecular weight is 379 g/mol. The van der Waals surface area contributed by atoms with Crippen LogP contribution in [0, 0.1) is 12.8 Å². The summed E-state index contributed by atoms with van der Waals surface area (Å²) < 4.78 is 4.81. The summed E-state index contributed by atoms with van der Waals surface area (Å²) in [5, 5.41) is 0. The van der Waals surface area contributed by atoms with E-state index >= 15 is 0 Å². The van der Waals surface area contributed by atoms with E-state index in [0.717, 1.165) is 16.7 Å². The molecule has 0 N–H and O–H groups in total. The molecule has 2 aliphatic rings. The third-order valence-corrected chi connectivity index (χ3v) is 5.54. The van der Waals surface area contributed by atoms with Crippen molar-refractivity contribution in [2.75, 3.05) is 18.6 Å². The van der Waals surface area contributed by atoms with Gasteiger partial charge in [0.25, 0.3) is 5.91 Å². The van der Waals surface area contributed by atoms with E-state index in [1.807, 2.05) is 31.2 Å². The number of esters is 1. The molecule has 4 rings (SSSR count). The molecule has 0 radical (unpaired) electrons. The molecule has 3 heterocycles. The van der Waals surface area contributed by atoms with Crippen molar-refractivity contribution in [1.82, 2.24) is 9.88 Å². The number of benzene rings is 1. The first-order valence-corrected chi connectivity index (χ1v) is 9.24. The van der Waals surface area contributed by atoms with E-state index in [-0.39, 0.29) is 23.8 Å². The highest BCUT2D eigenvalue weighted by Crippen LogP contribution is 2.35. The van der Waals surface area contributed by atoms with Gasteiger partial charge in [0.05, 0.1) is 18.7 Å². The number of carbonyl (C=O) groups is 3. The quantitative estimate of drug-likeness (QED) is 0.605. The average Bonchev–Trinajstić information content (AvgIpc) is 2.97. The van der Waals surface area contributed by atoms with Gasteiger partial charge in [-0.05, 0) is 60.7 Å². The first-order valence-electron chi connectivity index (χ1n) is 9.24. The Hall–Kier alpha value is -3.22. The number of rotatable bonds is 3. The van der Waals surface area contributed by atoms with Crippen LogP contribution in [0.1, 0.15) is 18.4 Å². The van der Waals surface area contributed by atoms with Gasteiger partial charge in [-0.2, -0.15) is 0 Å². The predicted molar refractivity (Wildman–Crippen MR) is 103 cm³/mol. The summed E-state index contributed by atoms with van der Waals surface area (Å²) in [6.45, 7) is 2.32. The Bertz CT molecular complexity index is 944. The van der Waals surface area contributed by atoms with Crippen LogP contribution in [-0.4, -0.2) is 47.5 Å². The normalized spacial score (nSPS) is 21.6. The van der Waals surface area contributed by atoms with E-state index < -0.39 is 6.04 Å². The lowest BCUT2D eigenvalue weighted by Gasteiger charge is -2.30. The van der Waals surface area contributed by atoms with Gasteiger partial charge in [-0.25, -0.2) is 9.69 Å². The van der Waals surface area contributed by atoms with Gasteiger partial charge in [0.2, 0.25) is 0 Å². The lowest BCUT2D eigenvalue weighted by Crippen LogP contribution is -2.44. The van der Waals surface area contributed by atoms with Gasteiger partial charge in [-0.15, -0.1) is 0 Å². The number of imide groups is 1. The molecule has 144 valence electrons. The summed E-state index contributed by atoms with van der Waals surface area (Å²) in [5.74, 6) is -0.954. The van der Waals surface area contributed by atoms with Crippen LogP contribution in [-0.2, 0) is 14.3 Å². The molecule has 3 amide bonds. The van der Waals surface area contributed by atoms with Gasteiger partial charge in [0.1, 0.15) is 6.04 Å². The maximum absolute atomic E-state index is 13.0. The van der Waals surface area contributed by atoms with Crippen molar-refractivity contribution in [3.63, 3.8) is 0 Å². The van der Waals surface area contributed by atoms with Gasteiger partial charge in [-0.3, -0.25) is 14.6 Å². The number of nitrogens with zero attached hydrogens (tertiary/aromatic N) is 3. The van der Waals surface area contributed by atoms with Crippen molar-refractivity contribution >= 4 is 23.6 Å². The summed E-state index contributed by atoms with van der Waals surface area (Å²) in [5.41, 5.74) is 3.56. The van der Waals surface area contributed by atoms with Gasteiger partial charge in [0.15, 0.2) is 0 Å². The zero-order valence-electron chi connectivity index (χ0n) is 15.8. The lowest BCUT2D eigenvalue weighted by molar-refractivity contribution is -0.147. The SMILES string of the molecule is COC(=O)C1CCN2C(=O)N(c3ccc(-c4ccncc4)c(C)c3)C(=O)C2C1. The molecule has 2 unspecified atom stereocenters. The zero-order chi connectivity index (χ0) is 19.8. The fourth-order valence-electron chi connectivity index (χ4n) is 4.06. The van der Waals surface area contributed by atoms with Crippen molar-refractivity contribution in [2.45, 2.75) is 25.8 Å². The molecule has 2 aliphatic heterocycles. The first-order chi connectivity index (χ1) is 13.5. The fraction of sp³-hybridized carbons (Fsp3) is 0.333. The summed E-state index contributed by atoms with van der Waals surface area (Å²) in [6, 6.07) is 8.45. The summed E-state index contributed by atoms with van der Waals surface area (Å²) in [6.07, 6.45) is 4.27. The standard InChI is InChI=1S/C21H21N3O4/c1-13-11-16(3-4-17(13)14-5-8-22-9-6-14)24-19(25)18-12-15(20(26)28-2)7-10-23(18)21(24)27/h3-6,8-9,11,15,18H,7,10,12H2,1-2H3. The van der Waals surface area contributed by atoms with Crippen molar-refractivity contribution in [3.05, 3.63) is 48.3 Å². The lowest BCUT2D eigenvalue weighted by atomic mass is 9.91. The number of hydrogen-bond donors (Lipinski definition) is 0. The fourth-order valence-corrected chi connectivity index (χ4v) is 4.06. The molecule has 0 saturated carbocycles. The smallest absolute Gasteiger partial charge is 0.332 e. The number of methoxy groups -OCH3 is 1. The van der Waals surface area contributed by atoms with Crippen LogP contribution in [0.4, 0.5) is 10.5 Å². The number of piperidine rings is 1. The maximum Gasteiger partial charge on any atom is 0.332 e. The second-order valence-corrected chi connectivity index (χ2v) is 7.14. The molecule has 2 aromatic rings. The van der Waals surface area contributed by atoms with Crippen molar-refractivity contribution in [3.8, 4) is 11.1 Å². The molecule has 7 heteroatoms. The van der Waals surface area contributed by atoms with Crippen molar-refractivity contribution < 1.29 is 19.1 Å². The summed E-state index contributed by atoms with van der Waals surface area (Å²) in [4.78, 5) is 44.5. The Kier molecular flexibility index (Phi) is 4.58. The molecule has 2 fully saturated rings. The van der Waals surface area contributed by atoms with E-state index in [0.29, 0.717) is 25.1 Å². The molecule has 2 atom stereocenters. The number of amides is 3. The van der Waals surface area contributed by atoms with Gasteiger partial charge < -0.3 is 9.64 Å². The van der Waals surface area contributed by atoms with Crippen molar-refractivity contribution in [1.29, 1.82) is 0 Å². The van der Waals surface area contributed by atoms with Crippen LogP contribution in [0.25, 0.3) is 11.1 Å². The van der Waals surface area contributed by atoms with E-state index in [1.54, 1.807) is 23.4 Å². The monoisotopic (exact) mass is 379 g/mol. The number of urea groups is 1. The molecule has 0 aliphatic carbocycles. The third kappa shape index (κ3) is 2.93. The van der Waals surface area contributed by atoms with E-state index in [9.17, 15) is 14.4 Å². The Morgan fingerprint density at radius 2 is 1.93 bits per heavy atom. The number of hydrogen-bond acceptors (Lipinski definition) is 5. The molecule has 2 saturated heterocycles. The Morgan fingerprint density at radius 1 is 1.18 bits per heavy atom. The Balaban J connectivity index is 1.61. The van der Waals surface area contributed by atoms with Crippen LogP contribution >= 0.6 is 0 Å². The predicted octanol–water partition coefficient (Wildman–Crippen LogP) is 2.78. The molecule has 0 bridgehead atoms. The van der Waals surface area contributed by atoms with Gasteiger partial charge in [-0.1, -0.05) is 6.07 Å². The molecular weight excluding hydrogens is 358 g/mol. The first kappa shape index (κ1) is 18.2. The van der Waals surface area contributed by atoms with E-state index in [4.69, 9.17) is 4.74 Å². The molecule has 7 nitrogen and oxygen atoms in total. The van der Waals surface area contributed by atoms with E-state index in [2.05, 4.69) is 4.98 Å². The molecule has 0 spiro atoms. The van der Waals surface area contributed by atoms with Gasteiger partial charge >= 0.3 is 12.0 Å². The molecule has 1 aromatic heterocycles. The maximum atomic E-state index is 13.0. The Labute approximate surface area is 162 Å². The highest BCUT2D eigenvalue weighted by molar-refractivity contribution is 6.21. The highest BCUT2D eigenvalue weighted by Gasteiger charge is 2.49. The second kappa shape index (κ2) is 7.07. The summed E-state index contributed by atoms with van der Waals surface area (Å²) >= 11 is 0. The number of ether oxygens (including phenoxy) is 1. The molecule has 1 aromatic carbocycles. The number of aryl methyl sites for hydroxylation is 1. The molecular formula is C21H21N3O4. The van der Waals surface area contributed by atoms with Crippen LogP contribution < -0.4 is 4.90 Å². The number of carbonyl (C=O) groups excluding carboxylic acids is 3. The van der Waals surface area contributed by atoms with Crippen LogP contribution in [0.2, 0.25) is 0 Å². The highest BCUT2D eigenvalue weighted by atomic mass is 16.5.